The monoisotopic (exact) mass is 239 g/mol. The van der Waals surface area contributed by atoms with E-state index in [1.165, 1.54) is 6.42 Å². The normalized spacial score (nSPS) is 24.6. The zero-order valence-corrected chi connectivity index (χ0v) is 10.3. The highest BCUT2D eigenvalue weighted by molar-refractivity contribution is 6.17. The number of halogens is 1. The maximum Gasteiger partial charge on any atom is 0.0751 e. The van der Waals surface area contributed by atoms with Crippen molar-refractivity contribution in [2.75, 3.05) is 11.9 Å². The molecule has 1 fully saturated rings. The summed E-state index contributed by atoms with van der Waals surface area (Å²) >= 11 is 5.88. The zero-order valence-electron chi connectivity index (χ0n) is 9.58. The summed E-state index contributed by atoms with van der Waals surface area (Å²) in [5.41, 5.74) is 2.27. The Balaban J connectivity index is 1.89. The number of hydrogen-bond acceptors (Lipinski definition) is 2. The first kappa shape index (κ1) is 11.7. The zero-order chi connectivity index (χ0) is 11.4. The molecule has 1 aromatic carbocycles. The average Bonchev–Trinajstić information content (AvgIpc) is 2.73. The molecule has 0 aliphatic carbocycles. The van der Waals surface area contributed by atoms with Gasteiger partial charge in [0, 0.05) is 18.1 Å². The summed E-state index contributed by atoms with van der Waals surface area (Å²) in [6.07, 6.45) is 3.08. The Morgan fingerprint density at radius 1 is 1.38 bits per heavy atom. The number of para-hydroxylation sites is 1. The first-order valence-corrected chi connectivity index (χ1v) is 6.36. The molecular formula is C13H18ClNO. The van der Waals surface area contributed by atoms with Crippen molar-refractivity contribution in [1.82, 2.24) is 0 Å². The average molecular weight is 240 g/mol. The maximum atomic E-state index is 5.88. The highest BCUT2D eigenvalue weighted by atomic mass is 35.5. The predicted octanol–water partition coefficient (Wildman–Crippen LogP) is 3.40. The molecular weight excluding hydrogens is 222 g/mol. The Kier molecular flexibility index (Phi) is 4.08. The second-order valence-corrected chi connectivity index (χ2v) is 4.58. The third-order valence-electron chi connectivity index (χ3n) is 3.00. The van der Waals surface area contributed by atoms with Crippen LogP contribution in [0.5, 0.6) is 0 Å². The summed E-state index contributed by atoms with van der Waals surface area (Å²) in [5.74, 6) is 0.547. The van der Waals surface area contributed by atoms with E-state index in [4.69, 9.17) is 16.3 Å². The second kappa shape index (κ2) is 5.55. The highest BCUT2D eigenvalue weighted by Gasteiger charge is 2.21. The predicted molar refractivity (Wildman–Crippen MR) is 68.1 cm³/mol. The van der Waals surface area contributed by atoms with Crippen molar-refractivity contribution >= 4 is 17.3 Å². The summed E-state index contributed by atoms with van der Waals surface area (Å²) in [4.78, 5) is 0. The van der Waals surface area contributed by atoms with E-state index in [0.717, 1.165) is 24.2 Å². The molecule has 3 heteroatoms. The Morgan fingerprint density at radius 3 is 2.88 bits per heavy atom. The van der Waals surface area contributed by atoms with Crippen LogP contribution in [-0.4, -0.2) is 18.8 Å². The van der Waals surface area contributed by atoms with Crippen LogP contribution in [0, 0.1) is 0 Å². The lowest BCUT2D eigenvalue weighted by Gasteiger charge is -2.15. The summed E-state index contributed by atoms with van der Waals surface area (Å²) in [6, 6.07) is 8.15. The Bertz CT molecular complexity index is 342. The second-order valence-electron chi connectivity index (χ2n) is 4.32. The largest absolute Gasteiger partial charge is 0.382 e. The molecule has 2 unspecified atom stereocenters. The summed E-state index contributed by atoms with van der Waals surface area (Å²) in [7, 11) is 0. The van der Waals surface area contributed by atoms with Gasteiger partial charge in [-0.2, -0.15) is 0 Å². The van der Waals surface area contributed by atoms with Crippen molar-refractivity contribution < 1.29 is 4.74 Å². The van der Waals surface area contributed by atoms with Gasteiger partial charge >= 0.3 is 0 Å². The highest BCUT2D eigenvalue weighted by Crippen LogP contribution is 2.21. The lowest BCUT2D eigenvalue weighted by molar-refractivity contribution is 0.0637. The summed E-state index contributed by atoms with van der Waals surface area (Å²) in [6.45, 7) is 3.00. The van der Waals surface area contributed by atoms with Gasteiger partial charge in [0.15, 0.2) is 0 Å². The molecule has 1 aromatic rings. The van der Waals surface area contributed by atoms with E-state index in [0.29, 0.717) is 18.1 Å². The van der Waals surface area contributed by atoms with Crippen molar-refractivity contribution in [2.45, 2.75) is 37.9 Å². The quantitative estimate of drug-likeness (QED) is 0.814. The van der Waals surface area contributed by atoms with Crippen LogP contribution in [0.1, 0.15) is 25.3 Å². The lowest BCUT2D eigenvalue weighted by atomic mass is 10.2. The van der Waals surface area contributed by atoms with E-state index in [-0.39, 0.29) is 0 Å². The van der Waals surface area contributed by atoms with Gasteiger partial charge in [-0.25, -0.2) is 0 Å². The molecule has 1 aliphatic rings. The molecule has 1 N–H and O–H groups in total. The van der Waals surface area contributed by atoms with E-state index >= 15 is 0 Å². The molecule has 2 nitrogen and oxygen atoms in total. The van der Waals surface area contributed by atoms with Crippen molar-refractivity contribution in [3.8, 4) is 0 Å². The van der Waals surface area contributed by atoms with Crippen LogP contribution in [0.2, 0.25) is 0 Å². The fourth-order valence-corrected chi connectivity index (χ4v) is 2.30. The third-order valence-corrected chi connectivity index (χ3v) is 3.29. The number of alkyl halides is 1. The standard InChI is InChI=1S/C13H18ClNO/c1-10-6-7-12(16-10)9-15-13-5-3-2-4-11(13)8-14/h2-5,10,12,15H,6-9H2,1H3. The van der Waals surface area contributed by atoms with Gasteiger partial charge in [0.1, 0.15) is 0 Å². The summed E-state index contributed by atoms with van der Waals surface area (Å²) < 4.78 is 5.76. The Labute approximate surface area is 102 Å². The van der Waals surface area contributed by atoms with E-state index in [9.17, 15) is 0 Å². The van der Waals surface area contributed by atoms with E-state index in [2.05, 4.69) is 18.3 Å². The third kappa shape index (κ3) is 2.89. The lowest BCUT2D eigenvalue weighted by Crippen LogP contribution is -2.20. The first-order chi connectivity index (χ1) is 7.79. The molecule has 0 radical (unpaired) electrons. The number of nitrogens with one attached hydrogen (secondary N) is 1. The minimum Gasteiger partial charge on any atom is -0.382 e. The topological polar surface area (TPSA) is 21.3 Å². The van der Waals surface area contributed by atoms with Crippen LogP contribution in [-0.2, 0) is 10.6 Å². The van der Waals surface area contributed by atoms with Gasteiger partial charge in [-0.1, -0.05) is 18.2 Å². The molecule has 1 heterocycles. The number of ether oxygens (including phenoxy) is 1. The molecule has 0 aromatic heterocycles. The molecule has 0 amide bonds. The van der Waals surface area contributed by atoms with Crippen LogP contribution in [0.4, 0.5) is 5.69 Å². The van der Waals surface area contributed by atoms with E-state index in [1.807, 2.05) is 18.2 Å². The number of benzene rings is 1. The smallest absolute Gasteiger partial charge is 0.0751 e. The minimum atomic E-state index is 0.346. The fourth-order valence-electron chi connectivity index (χ4n) is 2.07. The van der Waals surface area contributed by atoms with Crippen LogP contribution in [0.3, 0.4) is 0 Å². The molecule has 1 saturated heterocycles. The molecule has 0 spiro atoms. The van der Waals surface area contributed by atoms with Gasteiger partial charge in [-0.15, -0.1) is 11.6 Å². The molecule has 88 valence electrons. The molecule has 0 saturated carbocycles. The number of rotatable bonds is 4. The molecule has 2 rings (SSSR count). The van der Waals surface area contributed by atoms with Crippen molar-refractivity contribution in [3.05, 3.63) is 29.8 Å². The Hall–Kier alpha value is -0.730. The van der Waals surface area contributed by atoms with E-state index < -0.39 is 0 Å². The van der Waals surface area contributed by atoms with Gasteiger partial charge in [0.2, 0.25) is 0 Å². The maximum absolute atomic E-state index is 5.88. The van der Waals surface area contributed by atoms with Crippen LogP contribution >= 0.6 is 11.6 Å². The molecule has 0 bridgehead atoms. The van der Waals surface area contributed by atoms with Crippen LogP contribution in [0.15, 0.2) is 24.3 Å². The van der Waals surface area contributed by atoms with Crippen LogP contribution < -0.4 is 5.32 Å². The number of hydrogen-bond donors (Lipinski definition) is 1. The molecule has 16 heavy (non-hydrogen) atoms. The molecule has 1 aliphatic heterocycles. The van der Waals surface area contributed by atoms with Crippen molar-refractivity contribution in [1.29, 1.82) is 0 Å². The van der Waals surface area contributed by atoms with Gasteiger partial charge in [0.25, 0.3) is 0 Å². The van der Waals surface area contributed by atoms with Crippen molar-refractivity contribution in [2.24, 2.45) is 0 Å². The Morgan fingerprint density at radius 2 is 2.19 bits per heavy atom. The van der Waals surface area contributed by atoms with Gasteiger partial charge < -0.3 is 10.1 Å². The summed E-state index contributed by atoms with van der Waals surface area (Å²) in [5, 5.41) is 3.42. The van der Waals surface area contributed by atoms with Gasteiger partial charge in [0.05, 0.1) is 12.2 Å². The van der Waals surface area contributed by atoms with E-state index in [1.54, 1.807) is 0 Å². The van der Waals surface area contributed by atoms with Gasteiger partial charge in [-0.05, 0) is 31.4 Å². The van der Waals surface area contributed by atoms with Crippen LogP contribution in [0.25, 0.3) is 0 Å². The number of anilines is 1. The molecule has 2 atom stereocenters. The SMILES string of the molecule is CC1CCC(CNc2ccccc2CCl)O1. The fraction of sp³-hybridized carbons (Fsp3) is 0.538. The minimum absolute atomic E-state index is 0.346. The van der Waals surface area contributed by atoms with Gasteiger partial charge in [-0.3, -0.25) is 0 Å². The van der Waals surface area contributed by atoms with Crippen molar-refractivity contribution in [3.63, 3.8) is 0 Å². The first-order valence-electron chi connectivity index (χ1n) is 5.83.